The Morgan fingerprint density at radius 2 is 2.13 bits per heavy atom. The molecule has 0 bridgehead atoms. The first-order valence-corrected chi connectivity index (χ1v) is 5.15. The molecule has 1 fully saturated rings. The molecule has 0 aliphatic carbocycles. The van der Waals surface area contributed by atoms with Gasteiger partial charge in [-0.25, -0.2) is 5.43 Å². The molecule has 1 heterocycles. The average molecular weight is 206 g/mol. The molecule has 1 aliphatic heterocycles. The van der Waals surface area contributed by atoms with E-state index in [1.807, 2.05) is 11.9 Å². The van der Waals surface area contributed by atoms with E-state index in [1.165, 1.54) is 0 Å². The van der Waals surface area contributed by atoms with Crippen molar-refractivity contribution in [2.45, 2.75) is 40.3 Å². The summed E-state index contributed by atoms with van der Waals surface area (Å²) in [4.78, 5) is 11.3. The number of carbonyl (C=O) groups is 1. The largest absolute Gasteiger partial charge is 0.289 e. The molecule has 0 amide bonds. The summed E-state index contributed by atoms with van der Waals surface area (Å²) in [5.74, 6) is 5.44. The third-order valence-corrected chi connectivity index (χ3v) is 2.82. The predicted molar refractivity (Wildman–Crippen MR) is 60.4 cm³/mol. The Balaban J connectivity index is 2.68. The van der Waals surface area contributed by atoms with Crippen molar-refractivity contribution in [2.75, 3.05) is 0 Å². The number of nitrogens with one attached hydrogen (secondary N) is 1. The van der Waals surface area contributed by atoms with Gasteiger partial charge in [-0.15, -0.1) is 0 Å². The van der Waals surface area contributed by atoms with Crippen molar-refractivity contribution in [1.29, 1.82) is 0 Å². The molecule has 0 aromatic heterocycles. The second-order valence-corrected chi connectivity index (χ2v) is 4.27. The highest BCUT2D eigenvalue weighted by atomic mass is 16.1. The van der Waals surface area contributed by atoms with Gasteiger partial charge in [-0.2, -0.15) is 0 Å². The van der Waals surface area contributed by atoms with Crippen LogP contribution >= 0.6 is 0 Å². The Morgan fingerprint density at radius 1 is 1.53 bits per heavy atom. The van der Waals surface area contributed by atoms with Gasteiger partial charge in [-0.3, -0.25) is 9.80 Å². The fraction of sp³-hybridized carbons (Fsp3) is 0.583. The number of hydrazine groups is 1. The van der Waals surface area contributed by atoms with Crippen molar-refractivity contribution >= 4 is 5.78 Å². The Kier molecular flexibility index (Phi) is 3.21. The van der Waals surface area contributed by atoms with Crippen LogP contribution < -0.4 is 5.43 Å². The zero-order valence-electron chi connectivity index (χ0n) is 10.0. The molecule has 0 aromatic carbocycles. The molecule has 0 spiro atoms. The Morgan fingerprint density at radius 3 is 2.53 bits per heavy atom. The fourth-order valence-electron chi connectivity index (χ4n) is 1.46. The zero-order valence-corrected chi connectivity index (χ0v) is 10.0. The van der Waals surface area contributed by atoms with E-state index in [4.69, 9.17) is 0 Å². The van der Waals surface area contributed by atoms with Gasteiger partial charge in [0.15, 0.2) is 0 Å². The number of hydrogen-bond acceptors (Lipinski definition) is 3. The summed E-state index contributed by atoms with van der Waals surface area (Å²) in [6.45, 7) is 9.98. The minimum Gasteiger partial charge on any atom is -0.289 e. The van der Waals surface area contributed by atoms with E-state index in [9.17, 15) is 4.79 Å². The molecule has 0 aromatic rings. The Hall–Kier alpha value is -1.27. The monoisotopic (exact) mass is 206 g/mol. The number of nitrogens with zero attached hydrogens (tertiary/aromatic N) is 1. The summed E-state index contributed by atoms with van der Waals surface area (Å²) in [6.07, 6.45) is 1.57. The van der Waals surface area contributed by atoms with Gasteiger partial charge >= 0.3 is 0 Å². The van der Waals surface area contributed by atoms with Crippen molar-refractivity contribution in [1.82, 2.24) is 10.4 Å². The molecule has 1 atom stereocenters. The topological polar surface area (TPSA) is 42.0 Å². The molecular formula is C12H18N2O. The van der Waals surface area contributed by atoms with E-state index in [0.29, 0.717) is 5.92 Å². The number of hydrogen-bond donors (Lipinski definition) is 1. The van der Waals surface area contributed by atoms with Crippen molar-refractivity contribution < 1.29 is 4.79 Å². The summed E-state index contributed by atoms with van der Waals surface area (Å²) in [6, 6.07) is 0. The molecule has 0 unspecified atom stereocenters. The van der Waals surface area contributed by atoms with Crippen molar-refractivity contribution in [2.24, 2.45) is 5.92 Å². The van der Waals surface area contributed by atoms with Gasteiger partial charge in [0.1, 0.15) is 5.66 Å². The van der Waals surface area contributed by atoms with Crippen LogP contribution in [0.4, 0.5) is 0 Å². The first kappa shape index (κ1) is 11.8. The molecular weight excluding hydrogens is 188 g/mol. The summed E-state index contributed by atoms with van der Waals surface area (Å²) >= 11 is 0. The third-order valence-electron chi connectivity index (χ3n) is 2.82. The van der Waals surface area contributed by atoms with Gasteiger partial charge in [0, 0.05) is 11.8 Å². The highest BCUT2D eigenvalue weighted by molar-refractivity contribution is 6.04. The van der Waals surface area contributed by atoms with Gasteiger partial charge < -0.3 is 0 Å². The molecule has 1 aliphatic rings. The second kappa shape index (κ2) is 4.08. The van der Waals surface area contributed by atoms with Crippen molar-refractivity contribution in [3.8, 4) is 11.8 Å². The van der Waals surface area contributed by atoms with Gasteiger partial charge in [0.05, 0.1) is 0 Å². The molecule has 3 heteroatoms. The second-order valence-electron chi connectivity index (χ2n) is 4.27. The lowest BCUT2D eigenvalue weighted by Gasteiger charge is -2.13. The van der Waals surface area contributed by atoms with Gasteiger partial charge in [-0.1, -0.05) is 19.8 Å². The van der Waals surface area contributed by atoms with E-state index in [0.717, 1.165) is 5.70 Å². The maximum absolute atomic E-state index is 11.3. The highest BCUT2D eigenvalue weighted by Gasteiger charge is 2.49. The van der Waals surface area contributed by atoms with Crippen LogP contribution in [0.5, 0.6) is 0 Å². The third kappa shape index (κ3) is 2.40. The maximum Gasteiger partial charge on any atom is 0.230 e. The number of rotatable bonds is 3. The number of allylic oxidation sites excluding steroid dienone is 2. The zero-order chi connectivity index (χ0) is 11.6. The Labute approximate surface area is 91.5 Å². The van der Waals surface area contributed by atoms with Crippen LogP contribution in [0.1, 0.15) is 34.6 Å². The lowest BCUT2D eigenvalue weighted by Crippen LogP contribution is -2.21. The van der Waals surface area contributed by atoms with Gasteiger partial charge in [-0.05, 0) is 32.6 Å². The molecule has 0 radical (unpaired) electrons. The van der Waals surface area contributed by atoms with Gasteiger partial charge in [0.25, 0.3) is 0 Å². The summed E-state index contributed by atoms with van der Waals surface area (Å²) in [5.41, 5.74) is 4.16. The smallest absolute Gasteiger partial charge is 0.230 e. The summed E-state index contributed by atoms with van der Waals surface area (Å²) < 4.78 is 0. The van der Waals surface area contributed by atoms with E-state index in [2.05, 4.69) is 38.0 Å². The normalized spacial score (nSPS) is 24.9. The van der Waals surface area contributed by atoms with E-state index < -0.39 is 0 Å². The minimum absolute atomic E-state index is 0.0134. The van der Waals surface area contributed by atoms with Crippen LogP contribution in [-0.2, 0) is 4.79 Å². The number of carbonyl (C=O) groups excluding carboxylic acids is 1. The lowest BCUT2D eigenvalue weighted by molar-refractivity contribution is -0.109. The number of ketones is 1. The average Bonchev–Trinajstić information content (AvgIpc) is 2.80. The molecule has 1 rings (SSSR count). The van der Waals surface area contributed by atoms with Crippen molar-refractivity contribution in [3.63, 3.8) is 0 Å². The fourth-order valence-corrected chi connectivity index (χ4v) is 1.46. The van der Waals surface area contributed by atoms with Crippen LogP contribution in [0.25, 0.3) is 0 Å². The van der Waals surface area contributed by atoms with E-state index >= 15 is 0 Å². The van der Waals surface area contributed by atoms with E-state index in [-0.39, 0.29) is 11.4 Å². The maximum atomic E-state index is 11.3. The summed E-state index contributed by atoms with van der Waals surface area (Å²) in [5, 5.41) is 2.01. The minimum atomic E-state index is -0.144. The highest BCUT2D eigenvalue weighted by Crippen LogP contribution is 2.35. The van der Waals surface area contributed by atoms with Crippen LogP contribution in [-0.4, -0.2) is 16.5 Å². The molecule has 0 saturated carbocycles. The molecule has 15 heavy (non-hydrogen) atoms. The van der Waals surface area contributed by atoms with Crippen molar-refractivity contribution in [3.05, 3.63) is 11.8 Å². The lowest BCUT2D eigenvalue weighted by atomic mass is 10.0. The van der Waals surface area contributed by atoms with Crippen LogP contribution in [0, 0.1) is 17.8 Å². The standard InChI is InChI=1S/C12H18N2O/c1-6-7-11(15)8-10(4)14-12(5,13-14)9(2)3/h8-9,13H,1-5H3/b10-8-/t12-,14?/m0/s1. The van der Waals surface area contributed by atoms with Crippen LogP contribution in [0.2, 0.25) is 0 Å². The van der Waals surface area contributed by atoms with Gasteiger partial charge in [0.2, 0.25) is 5.78 Å². The molecule has 3 nitrogen and oxygen atoms in total. The quantitative estimate of drug-likeness (QED) is 0.330. The first-order valence-electron chi connectivity index (χ1n) is 5.15. The van der Waals surface area contributed by atoms with Crippen LogP contribution in [0.3, 0.4) is 0 Å². The molecule has 1 N–H and O–H groups in total. The Bertz CT molecular complexity index is 360. The van der Waals surface area contributed by atoms with E-state index in [1.54, 1.807) is 13.0 Å². The first-order chi connectivity index (χ1) is 6.91. The van der Waals surface area contributed by atoms with Crippen LogP contribution in [0.15, 0.2) is 11.8 Å². The summed E-state index contributed by atoms with van der Waals surface area (Å²) in [7, 11) is 0. The predicted octanol–water partition coefficient (Wildman–Crippen LogP) is 1.68. The molecule has 1 saturated heterocycles. The SMILES string of the molecule is CC#CC(=O)/C=C(/C)N1N[C@]1(C)C(C)C. The molecule has 82 valence electrons.